The van der Waals surface area contributed by atoms with Crippen molar-refractivity contribution in [3.63, 3.8) is 0 Å². The Morgan fingerprint density at radius 3 is 2.28 bits per heavy atom. The number of carbonyl (C=O) groups excluding carboxylic acids is 1. The monoisotopic (exact) mass is 473 g/mol. The summed E-state index contributed by atoms with van der Waals surface area (Å²) in [5.41, 5.74) is 12.3. The van der Waals surface area contributed by atoms with Crippen LogP contribution in [0.25, 0.3) is 22.3 Å². The fourth-order valence-electron chi connectivity index (χ4n) is 4.52. The Kier molecular flexibility index (Phi) is 6.79. The van der Waals surface area contributed by atoms with E-state index in [9.17, 15) is 10.1 Å². The van der Waals surface area contributed by atoms with Crippen molar-refractivity contribution in [2.45, 2.75) is 19.1 Å². The predicted molar refractivity (Wildman–Crippen MR) is 141 cm³/mol. The van der Waals surface area contributed by atoms with Crippen molar-refractivity contribution in [2.24, 2.45) is 5.73 Å². The predicted octanol–water partition coefficient (Wildman–Crippen LogP) is 5.64. The van der Waals surface area contributed by atoms with Crippen LogP contribution in [0.5, 0.6) is 5.75 Å². The summed E-state index contributed by atoms with van der Waals surface area (Å²) in [6.45, 7) is 1.77. The molecular weight excluding hydrogens is 446 g/mol. The highest BCUT2D eigenvalue weighted by molar-refractivity contribution is 5.98. The van der Waals surface area contributed by atoms with Gasteiger partial charge in [0.1, 0.15) is 12.4 Å². The SMILES string of the molecule is N#Cc1ccc(-c2cc(C(=O)N3CC[C@H](N)C3)ccc2-c2ccc(OCc3ccccc3)cc2)cc1. The molecular formula is C31H27N3O2. The van der Waals surface area contributed by atoms with Crippen LogP contribution < -0.4 is 10.5 Å². The van der Waals surface area contributed by atoms with Gasteiger partial charge >= 0.3 is 0 Å². The molecule has 1 fully saturated rings. The Morgan fingerprint density at radius 1 is 0.917 bits per heavy atom. The van der Waals surface area contributed by atoms with Crippen molar-refractivity contribution in [3.8, 4) is 34.1 Å². The van der Waals surface area contributed by atoms with E-state index in [2.05, 4.69) is 6.07 Å². The van der Waals surface area contributed by atoms with Crippen LogP contribution in [0.2, 0.25) is 0 Å². The molecule has 1 atom stereocenters. The minimum Gasteiger partial charge on any atom is -0.489 e. The zero-order chi connectivity index (χ0) is 24.9. The lowest BCUT2D eigenvalue weighted by Gasteiger charge is -2.18. The summed E-state index contributed by atoms with van der Waals surface area (Å²) >= 11 is 0. The summed E-state index contributed by atoms with van der Waals surface area (Å²) in [5, 5.41) is 9.21. The van der Waals surface area contributed by atoms with E-state index in [-0.39, 0.29) is 11.9 Å². The van der Waals surface area contributed by atoms with Crippen molar-refractivity contribution >= 4 is 5.91 Å². The highest BCUT2D eigenvalue weighted by Gasteiger charge is 2.25. The Morgan fingerprint density at radius 2 is 1.61 bits per heavy atom. The van der Waals surface area contributed by atoms with Crippen LogP contribution in [0.4, 0.5) is 0 Å². The van der Waals surface area contributed by atoms with E-state index < -0.39 is 0 Å². The van der Waals surface area contributed by atoms with E-state index in [1.54, 1.807) is 12.1 Å². The van der Waals surface area contributed by atoms with Gasteiger partial charge in [0.2, 0.25) is 0 Å². The third-order valence-corrected chi connectivity index (χ3v) is 6.52. The van der Waals surface area contributed by atoms with Gasteiger partial charge in [-0.15, -0.1) is 0 Å². The molecule has 5 heteroatoms. The number of amides is 1. The molecule has 178 valence electrons. The molecule has 0 aliphatic carbocycles. The molecule has 2 N–H and O–H groups in total. The third kappa shape index (κ3) is 5.14. The fraction of sp³-hybridized carbons (Fsp3) is 0.161. The summed E-state index contributed by atoms with van der Waals surface area (Å²) < 4.78 is 5.95. The van der Waals surface area contributed by atoms with Gasteiger partial charge in [-0.2, -0.15) is 5.26 Å². The van der Waals surface area contributed by atoms with Crippen molar-refractivity contribution in [1.29, 1.82) is 5.26 Å². The van der Waals surface area contributed by atoms with E-state index in [4.69, 9.17) is 10.5 Å². The number of nitriles is 1. The highest BCUT2D eigenvalue weighted by Crippen LogP contribution is 2.34. The second-order valence-corrected chi connectivity index (χ2v) is 9.05. The number of ether oxygens (including phenoxy) is 1. The van der Waals surface area contributed by atoms with Gasteiger partial charge in [-0.1, -0.05) is 60.7 Å². The van der Waals surface area contributed by atoms with Crippen LogP contribution in [0.15, 0.2) is 97.1 Å². The van der Waals surface area contributed by atoms with E-state index in [0.29, 0.717) is 30.8 Å². The average Bonchev–Trinajstić information content (AvgIpc) is 3.38. The molecule has 0 radical (unpaired) electrons. The molecule has 5 rings (SSSR count). The molecule has 0 saturated carbocycles. The molecule has 1 aliphatic heterocycles. The summed E-state index contributed by atoms with van der Waals surface area (Å²) in [5.74, 6) is 0.786. The number of nitrogens with zero attached hydrogens (tertiary/aromatic N) is 2. The smallest absolute Gasteiger partial charge is 0.253 e. The summed E-state index contributed by atoms with van der Waals surface area (Å²) in [7, 11) is 0. The van der Waals surface area contributed by atoms with Gasteiger partial charge < -0.3 is 15.4 Å². The molecule has 1 heterocycles. The van der Waals surface area contributed by atoms with Crippen LogP contribution in [-0.4, -0.2) is 29.9 Å². The van der Waals surface area contributed by atoms with E-state index >= 15 is 0 Å². The molecule has 0 spiro atoms. The second-order valence-electron chi connectivity index (χ2n) is 9.05. The van der Waals surface area contributed by atoms with Gasteiger partial charge in [-0.25, -0.2) is 0 Å². The molecule has 36 heavy (non-hydrogen) atoms. The maximum Gasteiger partial charge on any atom is 0.253 e. The Balaban J connectivity index is 1.45. The Hall–Kier alpha value is -4.40. The number of likely N-dealkylation sites (tertiary alicyclic amines) is 1. The Labute approximate surface area is 211 Å². The molecule has 5 nitrogen and oxygen atoms in total. The molecule has 0 unspecified atom stereocenters. The first-order valence-corrected chi connectivity index (χ1v) is 12.1. The van der Waals surface area contributed by atoms with Gasteiger partial charge in [-0.05, 0) is 70.6 Å². The molecule has 1 aliphatic rings. The molecule has 1 amide bonds. The lowest BCUT2D eigenvalue weighted by atomic mass is 9.92. The van der Waals surface area contributed by atoms with E-state index in [1.165, 1.54) is 0 Å². The number of hydrogen-bond donors (Lipinski definition) is 1. The molecule has 1 saturated heterocycles. The van der Waals surface area contributed by atoms with Crippen LogP contribution in [-0.2, 0) is 6.61 Å². The van der Waals surface area contributed by atoms with Gasteiger partial charge in [0.15, 0.2) is 0 Å². The molecule has 0 bridgehead atoms. The Bertz CT molecular complexity index is 1390. The van der Waals surface area contributed by atoms with Gasteiger partial charge in [0.05, 0.1) is 11.6 Å². The van der Waals surface area contributed by atoms with Crippen LogP contribution in [0, 0.1) is 11.3 Å². The van der Waals surface area contributed by atoms with Crippen molar-refractivity contribution < 1.29 is 9.53 Å². The number of hydrogen-bond acceptors (Lipinski definition) is 4. The molecule has 4 aromatic carbocycles. The molecule has 4 aromatic rings. The number of nitrogens with two attached hydrogens (primary N) is 1. The average molecular weight is 474 g/mol. The largest absolute Gasteiger partial charge is 0.489 e. The highest BCUT2D eigenvalue weighted by atomic mass is 16.5. The zero-order valence-corrected chi connectivity index (χ0v) is 19.9. The minimum atomic E-state index is -0.00550. The maximum absolute atomic E-state index is 13.2. The van der Waals surface area contributed by atoms with Gasteiger partial charge in [0.25, 0.3) is 5.91 Å². The van der Waals surface area contributed by atoms with Crippen LogP contribution in [0.1, 0.15) is 27.9 Å². The summed E-state index contributed by atoms with van der Waals surface area (Å²) in [6.07, 6.45) is 0.824. The maximum atomic E-state index is 13.2. The first-order chi connectivity index (χ1) is 17.6. The van der Waals surface area contributed by atoms with Crippen molar-refractivity contribution in [2.75, 3.05) is 13.1 Å². The lowest BCUT2D eigenvalue weighted by Crippen LogP contribution is -2.31. The minimum absolute atomic E-state index is 0.00550. The zero-order valence-electron chi connectivity index (χ0n) is 19.9. The third-order valence-electron chi connectivity index (χ3n) is 6.52. The van der Waals surface area contributed by atoms with Crippen LogP contribution >= 0.6 is 0 Å². The number of rotatable bonds is 6. The lowest BCUT2D eigenvalue weighted by molar-refractivity contribution is 0.0791. The van der Waals surface area contributed by atoms with Crippen LogP contribution in [0.3, 0.4) is 0 Å². The number of benzene rings is 4. The molecule has 0 aromatic heterocycles. The summed E-state index contributed by atoms with van der Waals surface area (Å²) in [4.78, 5) is 15.0. The van der Waals surface area contributed by atoms with Gasteiger partial charge in [-0.3, -0.25) is 4.79 Å². The van der Waals surface area contributed by atoms with Gasteiger partial charge in [0, 0.05) is 24.7 Å². The van der Waals surface area contributed by atoms with Crippen molar-refractivity contribution in [3.05, 3.63) is 114 Å². The second kappa shape index (κ2) is 10.5. The normalized spacial score (nSPS) is 14.9. The van der Waals surface area contributed by atoms with Crippen molar-refractivity contribution in [1.82, 2.24) is 4.90 Å². The number of carbonyl (C=O) groups is 1. The standard InChI is InChI=1S/C31H27N3O2/c32-19-22-6-8-25(9-7-22)30-18-26(31(35)34-17-16-27(33)20-34)12-15-29(30)24-10-13-28(14-11-24)36-21-23-4-2-1-3-5-23/h1-15,18,27H,16-17,20-21,33H2/t27-/m0/s1. The van der Waals surface area contributed by atoms with E-state index in [0.717, 1.165) is 40.0 Å². The van der Waals surface area contributed by atoms with E-state index in [1.807, 2.05) is 89.8 Å². The first-order valence-electron chi connectivity index (χ1n) is 12.1. The first kappa shape index (κ1) is 23.3. The fourth-order valence-corrected chi connectivity index (χ4v) is 4.52. The summed E-state index contributed by atoms with van der Waals surface area (Å²) in [6, 6.07) is 33.5. The topological polar surface area (TPSA) is 79.4 Å². The quantitative estimate of drug-likeness (QED) is 0.393.